The van der Waals surface area contributed by atoms with Gasteiger partial charge in [0.05, 0.1) is 11.4 Å². The first kappa shape index (κ1) is 20.2. The van der Waals surface area contributed by atoms with E-state index in [9.17, 15) is 14.0 Å². The summed E-state index contributed by atoms with van der Waals surface area (Å²) >= 11 is 1.44. The molecule has 162 valence electrons. The van der Waals surface area contributed by atoms with Crippen molar-refractivity contribution >= 4 is 33.8 Å². The molecule has 0 saturated carbocycles. The van der Waals surface area contributed by atoms with E-state index in [1.54, 1.807) is 37.5 Å². The van der Waals surface area contributed by atoms with E-state index in [1.165, 1.54) is 28.4 Å². The zero-order valence-corrected chi connectivity index (χ0v) is 18.1. The number of hydrogen-bond donors (Lipinski definition) is 1. The average Bonchev–Trinajstić information content (AvgIpc) is 3.30. The van der Waals surface area contributed by atoms with Crippen LogP contribution in [0.1, 0.15) is 15.4 Å². The van der Waals surface area contributed by atoms with E-state index in [2.05, 4.69) is 10.3 Å². The second-order valence-corrected chi connectivity index (χ2v) is 8.68. The first-order chi connectivity index (χ1) is 15.4. The molecule has 5 rings (SSSR count). The Balaban J connectivity index is 1.41. The number of likely N-dealkylation sites (N-methyl/N-ethyl adjacent to an activating group) is 1. The number of aromatic nitrogens is 2. The van der Waals surface area contributed by atoms with Crippen LogP contribution in [0.15, 0.2) is 54.7 Å². The van der Waals surface area contributed by atoms with E-state index >= 15 is 0 Å². The topological polar surface area (TPSA) is 75.9 Å². The van der Waals surface area contributed by atoms with Crippen molar-refractivity contribution in [2.75, 3.05) is 18.6 Å². The van der Waals surface area contributed by atoms with Crippen LogP contribution >= 0.6 is 11.3 Å². The number of halogens is 1. The fourth-order valence-electron chi connectivity index (χ4n) is 3.80. The third-order valence-corrected chi connectivity index (χ3v) is 6.38. The van der Waals surface area contributed by atoms with Crippen LogP contribution < -0.4 is 15.0 Å². The number of aryl methyl sites for hydroxylation is 1. The Kier molecular flexibility index (Phi) is 4.90. The van der Waals surface area contributed by atoms with Gasteiger partial charge in [-0.15, -0.1) is 11.3 Å². The van der Waals surface area contributed by atoms with Crippen molar-refractivity contribution in [2.24, 2.45) is 0 Å². The SMILES string of the molecule is Cc1sc2nc(C(=O)N[C@H]3COc4ccccc4N(C)C3=O)cn2c1-c1ccc(F)cc1. The molecule has 0 spiro atoms. The highest BCUT2D eigenvalue weighted by atomic mass is 32.1. The molecule has 1 aliphatic rings. The molecule has 0 saturated heterocycles. The molecule has 1 aliphatic heterocycles. The highest BCUT2D eigenvalue weighted by Gasteiger charge is 2.31. The van der Waals surface area contributed by atoms with E-state index in [4.69, 9.17) is 4.74 Å². The van der Waals surface area contributed by atoms with Crippen LogP contribution in [0.4, 0.5) is 10.1 Å². The Morgan fingerprint density at radius 1 is 1.22 bits per heavy atom. The zero-order valence-electron chi connectivity index (χ0n) is 17.3. The van der Waals surface area contributed by atoms with E-state index in [-0.39, 0.29) is 24.0 Å². The summed E-state index contributed by atoms with van der Waals surface area (Å²) in [7, 11) is 1.65. The number of hydrogen-bond acceptors (Lipinski definition) is 5. The predicted molar refractivity (Wildman–Crippen MR) is 120 cm³/mol. The minimum atomic E-state index is -0.849. The van der Waals surface area contributed by atoms with Gasteiger partial charge in [0.2, 0.25) is 0 Å². The molecule has 0 bridgehead atoms. The first-order valence-electron chi connectivity index (χ1n) is 9.97. The van der Waals surface area contributed by atoms with Crippen molar-refractivity contribution in [3.05, 3.63) is 71.1 Å². The lowest BCUT2D eigenvalue weighted by Gasteiger charge is -2.20. The molecule has 2 aromatic carbocycles. The summed E-state index contributed by atoms with van der Waals surface area (Å²) < 4.78 is 20.9. The predicted octanol–water partition coefficient (Wildman–Crippen LogP) is 3.66. The van der Waals surface area contributed by atoms with E-state index < -0.39 is 11.9 Å². The Morgan fingerprint density at radius 2 is 1.97 bits per heavy atom. The molecule has 2 amide bonds. The summed E-state index contributed by atoms with van der Waals surface area (Å²) in [4.78, 5) is 33.4. The number of nitrogens with one attached hydrogen (secondary N) is 1. The van der Waals surface area contributed by atoms with Gasteiger partial charge in [-0.2, -0.15) is 0 Å². The Morgan fingerprint density at radius 3 is 2.75 bits per heavy atom. The van der Waals surface area contributed by atoms with Gasteiger partial charge >= 0.3 is 0 Å². The molecule has 1 atom stereocenters. The van der Waals surface area contributed by atoms with Crippen LogP contribution in [0.25, 0.3) is 16.2 Å². The highest BCUT2D eigenvalue weighted by Crippen LogP contribution is 2.32. The summed E-state index contributed by atoms with van der Waals surface area (Å²) in [6.07, 6.45) is 1.63. The van der Waals surface area contributed by atoms with Crippen LogP contribution in [0.5, 0.6) is 5.75 Å². The number of amides is 2. The zero-order chi connectivity index (χ0) is 22.4. The van der Waals surface area contributed by atoms with Crippen LogP contribution in [0.2, 0.25) is 0 Å². The van der Waals surface area contributed by atoms with Crippen molar-refractivity contribution in [3.8, 4) is 17.0 Å². The van der Waals surface area contributed by atoms with Crippen molar-refractivity contribution < 1.29 is 18.7 Å². The van der Waals surface area contributed by atoms with Crippen LogP contribution in [-0.2, 0) is 4.79 Å². The largest absolute Gasteiger partial charge is 0.489 e. The lowest BCUT2D eigenvalue weighted by Crippen LogP contribution is -2.49. The van der Waals surface area contributed by atoms with Crippen molar-refractivity contribution in [2.45, 2.75) is 13.0 Å². The molecule has 2 aromatic heterocycles. The number of anilines is 1. The van der Waals surface area contributed by atoms with Crippen LogP contribution in [0.3, 0.4) is 0 Å². The van der Waals surface area contributed by atoms with Gasteiger partial charge in [0, 0.05) is 18.1 Å². The van der Waals surface area contributed by atoms with Crippen LogP contribution in [0, 0.1) is 12.7 Å². The van der Waals surface area contributed by atoms with Crippen molar-refractivity contribution in [1.29, 1.82) is 0 Å². The number of thiazole rings is 1. The lowest BCUT2D eigenvalue weighted by molar-refractivity contribution is -0.120. The van der Waals surface area contributed by atoms with Gasteiger partial charge in [0.25, 0.3) is 11.8 Å². The fraction of sp³-hybridized carbons (Fsp3) is 0.174. The molecule has 4 aromatic rings. The van der Waals surface area contributed by atoms with Crippen LogP contribution in [-0.4, -0.2) is 40.9 Å². The number of ether oxygens (including phenoxy) is 1. The lowest BCUT2D eigenvalue weighted by atomic mass is 10.1. The third kappa shape index (κ3) is 3.40. The quantitative estimate of drug-likeness (QED) is 0.517. The molecule has 0 unspecified atom stereocenters. The molecular weight excluding hydrogens is 431 g/mol. The molecule has 1 N–H and O–H groups in total. The smallest absolute Gasteiger partial charge is 0.272 e. The van der Waals surface area contributed by atoms with Gasteiger partial charge in [-0.05, 0) is 48.9 Å². The van der Waals surface area contributed by atoms with E-state index in [0.717, 1.165) is 16.1 Å². The molecule has 32 heavy (non-hydrogen) atoms. The number of para-hydroxylation sites is 2. The fourth-order valence-corrected chi connectivity index (χ4v) is 4.77. The number of carbonyl (C=O) groups is 2. The van der Waals surface area contributed by atoms with E-state index in [0.29, 0.717) is 16.4 Å². The molecule has 3 heterocycles. The highest BCUT2D eigenvalue weighted by molar-refractivity contribution is 7.17. The molecule has 0 fully saturated rings. The first-order valence-corrected chi connectivity index (χ1v) is 10.8. The molecular formula is C23H19FN4O3S. The summed E-state index contributed by atoms with van der Waals surface area (Å²) in [5, 5.41) is 2.75. The average molecular weight is 450 g/mol. The van der Waals surface area contributed by atoms with Crippen molar-refractivity contribution in [3.63, 3.8) is 0 Å². The second-order valence-electron chi connectivity index (χ2n) is 7.49. The Bertz CT molecular complexity index is 1350. The normalized spacial score (nSPS) is 15.9. The molecule has 7 nitrogen and oxygen atoms in total. The molecule has 0 aliphatic carbocycles. The summed E-state index contributed by atoms with van der Waals surface area (Å²) in [5.74, 6) is -0.468. The minimum absolute atomic E-state index is 0.0219. The summed E-state index contributed by atoms with van der Waals surface area (Å²) in [6, 6.07) is 12.6. The second kappa shape index (κ2) is 7.76. The number of imidazole rings is 1. The number of nitrogens with zero attached hydrogens (tertiary/aromatic N) is 3. The molecule has 9 heteroatoms. The maximum atomic E-state index is 13.3. The van der Waals surface area contributed by atoms with Crippen molar-refractivity contribution in [1.82, 2.24) is 14.7 Å². The monoisotopic (exact) mass is 450 g/mol. The minimum Gasteiger partial charge on any atom is -0.489 e. The Labute approximate surface area is 187 Å². The maximum Gasteiger partial charge on any atom is 0.272 e. The van der Waals surface area contributed by atoms with Gasteiger partial charge in [-0.1, -0.05) is 12.1 Å². The van der Waals surface area contributed by atoms with E-state index in [1.807, 2.05) is 23.5 Å². The van der Waals surface area contributed by atoms with Gasteiger partial charge in [-0.3, -0.25) is 14.0 Å². The standard InChI is InChI=1S/C23H19FN4O3S/c1-13-20(14-7-9-15(24)10-8-14)28-11-16(26-23(28)32-13)21(29)25-17-12-31-19-6-4-3-5-18(19)27(2)22(17)30/h3-11,17H,12H2,1-2H3,(H,25,29)/t17-/m0/s1. The third-order valence-electron chi connectivity index (χ3n) is 5.41. The summed E-state index contributed by atoms with van der Waals surface area (Å²) in [6.45, 7) is 1.97. The maximum absolute atomic E-state index is 13.3. The number of rotatable bonds is 3. The van der Waals surface area contributed by atoms with Gasteiger partial charge in [0.15, 0.2) is 4.96 Å². The van der Waals surface area contributed by atoms with Gasteiger partial charge in [0.1, 0.15) is 29.9 Å². The van der Waals surface area contributed by atoms with Gasteiger partial charge < -0.3 is 15.0 Å². The summed E-state index contributed by atoms with van der Waals surface area (Å²) in [5.41, 5.74) is 2.51. The number of benzene rings is 2. The number of fused-ring (bicyclic) bond motifs is 2. The Hall–Kier alpha value is -3.72. The van der Waals surface area contributed by atoms with Gasteiger partial charge in [-0.25, -0.2) is 9.37 Å². The number of carbonyl (C=O) groups excluding carboxylic acids is 2. The molecule has 0 radical (unpaired) electrons.